The Morgan fingerprint density at radius 3 is 2.07 bits per heavy atom. The van der Waals surface area contributed by atoms with Crippen molar-refractivity contribution in [2.75, 3.05) is 33.5 Å². The Bertz CT molecular complexity index is 199. The zero-order valence-corrected chi connectivity index (χ0v) is 10.1. The van der Waals surface area contributed by atoms with Gasteiger partial charge >= 0.3 is 0 Å². The lowest BCUT2D eigenvalue weighted by Gasteiger charge is -2.29. The molecule has 0 aliphatic carbocycles. The summed E-state index contributed by atoms with van der Waals surface area (Å²) in [5.41, 5.74) is 0.195. The van der Waals surface area contributed by atoms with Gasteiger partial charge in [0.05, 0.1) is 6.04 Å². The van der Waals surface area contributed by atoms with Crippen molar-refractivity contribution in [3.05, 3.63) is 0 Å². The third-order valence-electron chi connectivity index (χ3n) is 3.33. The van der Waals surface area contributed by atoms with Crippen molar-refractivity contribution < 1.29 is 8.78 Å². The molecule has 1 saturated heterocycles. The number of rotatable bonds is 3. The molecule has 4 heteroatoms. The van der Waals surface area contributed by atoms with Gasteiger partial charge < -0.3 is 0 Å². The molecule has 1 fully saturated rings. The fourth-order valence-corrected chi connectivity index (χ4v) is 2.02. The molecule has 90 valence electrons. The van der Waals surface area contributed by atoms with Crippen molar-refractivity contribution in [1.82, 2.24) is 10.0 Å². The summed E-state index contributed by atoms with van der Waals surface area (Å²) in [6.07, 6.45) is 0. The van der Waals surface area contributed by atoms with Crippen molar-refractivity contribution >= 4 is 0 Å². The second-order valence-corrected chi connectivity index (χ2v) is 5.49. The van der Waals surface area contributed by atoms with E-state index in [1.54, 1.807) is 0 Å². The first-order chi connectivity index (χ1) is 6.90. The van der Waals surface area contributed by atoms with Crippen LogP contribution in [0.15, 0.2) is 0 Å². The average Bonchev–Trinajstić information content (AvgIpc) is 2.50. The van der Waals surface area contributed by atoms with Crippen LogP contribution in [-0.4, -0.2) is 49.5 Å². The number of hydrazine groups is 1. The topological polar surface area (TPSA) is 6.48 Å². The summed E-state index contributed by atoms with van der Waals surface area (Å²) in [5.74, 6) is 0.475. The fraction of sp³-hybridized carbons (Fsp3) is 1.00. The first-order valence-electron chi connectivity index (χ1n) is 5.49. The van der Waals surface area contributed by atoms with Crippen LogP contribution in [-0.2, 0) is 0 Å². The van der Waals surface area contributed by atoms with Crippen molar-refractivity contribution in [2.24, 2.45) is 11.3 Å². The van der Waals surface area contributed by atoms with Crippen LogP contribution in [0.2, 0.25) is 0 Å². The molecular formula is C11H22F2N2. The Balaban J connectivity index is 2.63. The molecule has 0 saturated carbocycles. The van der Waals surface area contributed by atoms with Gasteiger partial charge in [-0.2, -0.15) is 0 Å². The second kappa shape index (κ2) is 4.74. The molecule has 15 heavy (non-hydrogen) atoms. The molecule has 0 N–H and O–H groups in total. The molecule has 0 spiro atoms. The van der Waals surface area contributed by atoms with Gasteiger partial charge in [-0.25, -0.2) is 18.8 Å². The molecule has 0 aromatic rings. The van der Waals surface area contributed by atoms with Gasteiger partial charge in [0, 0.05) is 20.1 Å². The highest BCUT2D eigenvalue weighted by atomic mass is 19.1. The van der Waals surface area contributed by atoms with E-state index in [4.69, 9.17) is 0 Å². The highest BCUT2D eigenvalue weighted by Gasteiger charge is 2.38. The molecule has 0 aromatic heterocycles. The smallest absolute Gasteiger partial charge is 0.109 e. The van der Waals surface area contributed by atoms with Crippen LogP contribution in [0.1, 0.15) is 20.8 Å². The van der Waals surface area contributed by atoms with Gasteiger partial charge in [0.1, 0.15) is 13.3 Å². The highest BCUT2D eigenvalue weighted by molar-refractivity contribution is 4.86. The van der Waals surface area contributed by atoms with Crippen molar-refractivity contribution in [2.45, 2.75) is 26.8 Å². The monoisotopic (exact) mass is 220 g/mol. The van der Waals surface area contributed by atoms with Crippen LogP contribution in [0.4, 0.5) is 8.78 Å². The molecule has 0 amide bonds. The average molecular weight is 220 g/mol. The maximum atomic E-state index is 12.6. The minimum absolute atomic E-state index is 0.195. The van der Waals surface area contributed by atoms with Crippen molar-refractivity contribution in [3.63, 3.8) is 0 Å². The Morgan fingerprint density at radius 2 is 1.73 bits per heavy atom. The Kier molecular flexibility index (Phi) is 4.06. The summed E-state index contributed by atoms with van der Waals surface area (Å²) < 4.78 is 25.2. The van der Waals surface area contributed by atoms with Crippen LogP contribution in [0.25, 0.3) is 0 Å². The lowest BCUT2D eigenvalue weighted by Crippen LogP contribution is -2.44. The summed E-state index contributed by atoms with van der Waals surface area (Å²) in [7, 11) is 1.91. The molecule has 1 atom stereocenters. The van der Waals surface area contributed by atoms with E-state index >= 15 is 0 Å². The maximum absolute atomic E-state index is 12.6. The number of hydrogen-bond acceptors (Lipinski definition) is 2. The van der Waals surface area contributed by atoms with E-state index in [1.165, 1.54) is 0 Å². The molecule has 1 rings (SSSR count). The molecule has 1 aliphatic heterocycles. The Hall–Kier alpha value is -0.220. The summed E-state index contributed by atoms with van der Waals surface area (Å²) in [6, 6.07) is -0.595. The first-order valence-corrected chi connectivity index (χ1v) is 5.49. The van der Waals surface area contributed by atoms with Crippen molar-refractivity contribution in [3.8, 4) is 0 Å². The third-order valence-corrected chi connectivity index (χ3v) is 3.33. The molecule has 1 heterocycles. The van der Waals surface area contributed by atoms with Crippen LogP contribution < -0.4 is 0 Å². The molecule has 0 radical (unpaired) electrons. The van der Waals surface area contributed by atoms with Crippen LogP contribution in [0.3, 0.4) is 0 Å². The third kappa shape index (κ3) is 2.88. The van der Waals surface area contributed by atoms with E-state index in [9.17, 15) is 8.78 Å². The maximum Gasteiger partial charge on any atom is 0.109 e. The quantitative estimate of drug-likeness (QED) is 0.719. The summed E-state index contributed by atoms with van der Waals surface area (Å²) >= 11 is 0. The predicted octanol–water partition coefficient (Wildman–Crippen LogP) is 2.12. The lowest BCUT2D eigenvalue weighted by atomic mass is 9.81. The number of alkyl halides is 2. The van der Waals surface area contributed by atoms with E-state index in [2.05, 4.69) is 20.8 Å². The van der Waals surface area contributed by atoms with Gasteiger partial charge in [0.15, 0.2) is 0 Å². The summed E-state index contributed by atoms with van der Waals surface area (Å²) in [4.78, 5) is 0. The molecule has 1 aliphatic rings. The molecule has 2 nitrogen and oxygen atoms in total. The van der Waals surface area contributed by atoms with Gasteiger partial charge in [-0.1, -0.05) is 20.8 Å². The normalized spacial score (nSPS) is 25.4. The van der Waals surface area contributed by atoms with E-state index in [1.807, 2.05) is 17.1 Å². The minimum Gasteiger partial charge on any atom is -0.249 e. The zero-order chi connectivity index (χ0) is 11.6. The second-order valence-electron chi connectivity index (χ2n) is 5.49. The Morgan fingerprint density at radius 1 is 1.20 bits per heavy atom. The molecule has 0 aromatic carbocycles. The SMILES string of the molecule is CN1CC(C(C)(C)C)CN1C(CF)CF. The zero-order valence-electron chi connectivity index (χ0n) is 10.1. The van der Waals surface area contributed by atoms with E-state index in [-0.39, 0.29) is 5.41 Å². The Labute approximate surface area is 91.2 Å². The molecular weight excluding hydrogens is 198 g/mol. The first kappa shape index (κ1) is 12.8. The highest BCUT2D eigenvalue weighted by Crippen LogP contribution is 2.32. The van der Waals surface area contributed by atoms with Gasteiger partial charge in [-0.05, 0) is 11.3 Å². The lowest BCUT2D eigenvalue weighted by molar-refractivity contribution is -0.00971. The van der Waals surface area contributed by atoms with Gasteiger partial charge in [0.25, 0.3) is 0 Å². The van der Waals surface area contributed by atoms with Crippen LogP contribution in [0, 0.1) is 11.3 Å². The number of halogens is 2. The van der Waals surface area contributed by atoms with Crippen LogP contribution >= 0.6 is 0 Å². The standard InChI is InChI=1S/C11H22F2N2/c1-11(2,3)9-7-14(4)15(8-9)10(5-12)6-13/h9-10H,5-8H2,1-4H3. The van der Waals surface area contributed by atoms with Crippen LogP contribution in [0.5, 0.6) is 0 Å². The number of nitrogens with zero attached hydrogens (tertiary/aromatic N) is 2. The van der Waals surface area contributed by atoms with Gasteiger partial charge in [0.2, 0.25) is 0 Å². The van der Waals surface area contributed by atoms with Gasteiger partial charge in [-0.15, -0.1) is 0 Å². The van der Waals surface area contributed by atoms with E-state index < -0.39 is 19.4 Å². The molecule has 1 unspecified atom stereocenters. The number of hydrogen-bond donors (Lipinski definition) is 0. The predicted molar refractivity (Wildman–Crippen MR) is 58.0 cm³/mol. The summed E-state index contributed by atoms with van der Waals surface area (Å²) in [6.45, 7) is 6.95. The van der Waals surface area contributed by atoms with E-state index in [0.717, 1.165) is 13.1 Å². The molecule has 0 bridgehead atoms. The fourth-order valence-electron chi connectivity index (χ4n) is 2.02. The minimum atomic E-state index is -0.613. The van der Waals surface area contributed by atoms with Crippen molar-refractivity contribution in [1.29, 1.82) is 0 Å². The summed E-state index contributed by atoms with van der Waals surface area (Å²) in [5, 5.41) is 3.79. The largest absolute Gasteiger partial charge is 0.249 e. The van der Waals surface area contributed by atoms with E-state index in [0.29, 0.717) is 5.92 Å². The van der Waals surface area contributed by atoms with Gasteiger partial charge in [-0.3, -0.25) is 0 Å².